The summed E-state index contributed by atoms with van der Waals surface area (Å²) in [5.41, 5.74) is 1.40. The zero-order chi connectivity index (χ0) is 12.7. The van der Waals surface area contributed by atoms with E-state index in [2.05, 4.69) is 0 Å². The Kier molecular flexibility index (Phi) is 2.09. The minimum absolute atomic E-state index is 0.00464. The van der Waals surface area contributed by atoms with Gasteiger partial charge in [0.25, 0.3) is 5.69 Å². The van der Waals surface area contributed by atoms with Gasteiger partial charge in [-0.25, -0.2) is 0 Å². The fourth-order valence-corrected chi connectivity index (χ4v) is 1.90. The molecule has 1 aliphatic heterocycles. The van der Waals surface area contributed by atoms with E-state index in [0.717, 1.165) is 5.69 Å². The van der Waals surface area contributed by atoms with E-state index in [-0.39, 0.29) is 11.7 Å². The Morgan fingerprint density at radius 1 is 1.17 bits per heavy atom. The highest BCUT2D eigenvalue weighted by Crippen LogP contribution is 2.21. The van der Waals surface area contributed by atoms with Crippen molar-refractivity contribution in [3.63, 3.8) is 0 Å². The van der Waals surface area contributed by atoms with E-state index in [0.29, 0.717) is 5.69 Å². The van der Waals surface area contributed by atoms with E-state index in [9.17, 15) is 14.9 Å². The van der Waals surface area contributed by atoms with Crippen LogP contribution >= 0.6 is 0 Å². The number of benzene rings is 1. The van der Waals surface area contributed by atoms with Crippen LogP contribution in [-0.2, 0) is 0 Å². The van der Waals surface area contributed by atoms with Crippen LogP contribution in [0.15, 0.2) is 42.6 Å². The molecule has 0 bridgehead atoms. The summed E-state index contributed by atoms with van der Waals surface area (Å²) in [4.78, 5) is 22.1. The summed E-state index contributed by atoms with van der Waals surface area (Å²) in [5, 5.41) is 10.5. The van der Waals surface area contributed by atoms with Crippen LogP contribution in [0, 0.1) is 10.1 Å². The zero-order valence-corrected chi connectivity index (χ0v) is 9.19. The predicted molar refractivity (Wildman–Crippen MR) is 63.4 cm³/mol. The summed E-state index contributed by atoms with van der Waals surface area (Å²) in [6, 6.07) is 9.29. The van der Waals surface area contributed by atoms with Gasteiger partial charge in [-0.3, -0.25) is 10.1 Å². The highest BCUT2D eigenvalue weighted by atomic mass is 16.6. The third-order valence-electron chi connectivity index (χ3n) is 2.79. The summed E-state index contributed by atoms with van der Waals surface area (Å²) in [6.45, 7) is 0. The Labute approximate surface area is 102 Å². The average Bonchev–Trinajstić information content (AvgIpc) is 2.93. The molecule has 0 saturated heterocycles. The Hall–Kier alpha value is -2.76. The molecule has 0 saturated carbocycles. The van der Waals surface area contributed by atoms with E-state index in [4.69, 9.17) is 0 Å². The van der Waals surface area contributed by atoms with Crippen LogP contribution in [0.2, 0.25) is 0 Å². The predicted octanol–water partition coefficient (Wildman–Crippen LogP) is 2.14. The molecule has 6 heteroatoms. The van der Waals surface area contributed by atoms with Crippen LogP contribution in [-0.4, -0.2) is 26.3 Å². The van der Waals surface area contributed by atoms with Crippen molar-refractivity contribution in [3.05, 3.63) is 58.4 Å². The first-order valence-electron chi connectivity index (χ1n) is 5.27. The average molecular weight is 242 g/mol. The molecule has 1 amide bonds. The number of nitro groups is 1. The SMILES string of the molecule is O=C1n2cccc2C=[N+]1c1ccc([N+](=O)[O-])cc1. The molecule has 0 spiro atoms. The lowest BCUT2D eigenvalue weighted by atomic mass is 10.3. The van der Waals surface area contributed by atoms with E-state index in [1.54, 1.807) is 30.6 Å². The molecule has 0 atom stereocenters. The summed E-state index contributed by atoms with van der Waals surface area (Å²) in [5.74, 6) is 0. The summed E-state index contributed by atoms with van der Waals surface area (Å²) in [6.07, 6.45) is 3.38. The van der Waals surface area contributed by atoms with Gasteiger partial charge in [0.05, 0.1) is 4.92 Å². The van der Waals surface area contributed by atoms with Gasteiger partial charge < -0.3 is 0 Å². The van der Waals surface area contributed by atoms with Gasteiger partial charge in [-0.2, -0.15) is 13.9 Å². The van der Waals surface area contributed by atoms with E-state index >= 15 is 0 Å². The molecule has 0 N–H and O–H groups in total. The van der Waals surface area contributed by atoms with Gasteiger partial charge in [0.2, 0.25) is 0 Å². The third-order valence-corrected chi connectivity index (χ3v) is 2.79. The number of hydrogen-bond donors (Lipinski definition) is 0. The normalized spacial score (nSPS) is 13.3. The number of fused-ring (bicyclic) bond motifs is 1. The maximum Gasteiger partial charge on any atom is 0.508 e. The molecule has 0 radical (unpaired) electrons. The van der Waals surface area contributed by atoms with Crippen molar-refractivity contribution in [1.82, 2.24) is 4.57 Å². The van der Waals surface area contributed by atoms with Crippen LogP contribution in [0.5, 0.6) is 0 Å². The number of aromatic nitrogens is 1. The number of nitrogens with zero attached hydrogens (tertiary/aromatic N) is 3. The lowest BCUT2D eigenvalue weighted by Crippen LogP contribution is -2.15. The molecule has 88 valence electrons. The topological polar surface area (TPSA) is 68.1 Å². The van der Waals surface area contributed by atoms with Crippen LogP contribution < -0.4 is 0 Å². The molecule has 1 aromatic carbocycles. The number of amides is 1. The van der Waals surface area contributed by atoms with Crippen LogP contribution in [0.3, 0.4) is 0 Å². The standard InChI is InChI=1S/C12H8N3O3/c16-12-13-7-1-2-11(13)8-14(12)9-3-5-10(6-4-9)15(17)18/h1-8H/q+1. The van der Waals surface area contributed by atoms with Crippen LogP contribution in [0.1, 0.15) is 5.69 Å². The van der Waals surface area contributed by atoms with Crippen molar-refractivity contribution in [3.8, 4) is 0 Å². The van der Waals surface area contributed by atoms with Crippen molar-refractivity contribution in [2.75, 3.05) is 0 Å². The van der Waals surface area contributed by atoms with Gasteiger partial charge in [-0.05, 0) is 24.3 Å². The molecule has 0 fully saturated rings. The van der Waals surface area contributed by atoms with Gasteiger partial charge in [0.1, 0.15) is 18.1 Å². The lowest BCUT2D eigenvalue weighted by Gasteiger charge is -1.97. The molecule has 18 heavy (non-hydrogen) atoms. The second-order valence-corrected chi connectivity index (χ2v) is 3.86. The van der Waals surface area contributed by atoms with Crippen molar-refractivity contribution in [2.24, 2.45) is 0 Å². The molecule has 3 rings (SSSR count). The van der Waals surface area contributed by atoms with E-state index < -0.39 is 4.92 Å². The van der Waals surface area contributed by atoms with Gasteiger partial charge >= 0.3 is 6.03 Å². The summed E-state index contributed by atoms with van der Waals surface area (Å²) in [7, 11) is 0. The number of non-ortho nitro benzene ring substituents is 1. The molecule has 6 nitrogen and oxygen atoms in total. The Bertz CT molecular complexity index is 683. The summed E-state index contributed by atoms with van der Waals surface area (Å²) >= 11 is 0. The maximum absolute atomic E-state index is 12.0. The number of nitro benzene ring substituents is 1. The second-order valence-electron chi connectivity index (χ2n) is 3.86. The number of carbonyl (C=O) groups excluding carboxylic acids is 1. The van der Waals surface area contributed by atoms with Crippen LogP contribution in [0.4, 0.5) is 16.2 Å². The maximum atomic E-state index is 12.0. The van der Waals surface area contributed by atoms with Crippen molar-refractivity contribution < 1.29 is 14.3 Å². The van der Waals surface area contributed by atoms with Gasteiger partial charge in [-0.1, -0.05) is 0 Å². The third kappa shape index (κ3) is 1.43. The number of hydrogen-bond acceptors (Lipinski definition) is 3. The Morgan fingerprint density at radius 3 is 2.50 bits per heavy atom. The van der Waals surface area contributed by atoms with Crippen molar-refractivity contribution >= 4 is 23.6 Å². The fraction of sp³-hybridized carbons (Fsp3) is 0. The Morgan fingerprint density at radius 2 is 1.89 bits per heavy atom. The monoisotopic (exact) mass is 242 g/mol. The quantitative estimate of drug-likeness (QED) is 0.460. The van der Waals surface area contributed by atoms with E-state index in [1.165, 1.54) is 21.3 Å². The number of carbonyl (C=O) groups is 1. The van der Waals surface area contributed by atoms with Gasteiger partial charge in [0.15, 0.2) is 5.69 Å². The van der Waals surface area contributed by atoms with Crippen molar-refractivity contribution in [2.45, 2.75) is 0 Å². The van der Waals surface area contributed by atoms with Gasteiger partial charge in [-0.15, -0.1) is 0 Å². The Balaban J connectivity index is 2.00. The first kappa shape index (κ1) is 10.4. The first-order chi connectivity index (χ1) is 8.66. The molecule has 2 aromatic rings. The zero-order valence-electron chi connectivity index (χ0n) is 9.19. The first-order valence-corrected chi connectivity index (χ1v) is 5.27. The molecule has 1 aliphatic rings. The lowest BCUT2D eigenvalue weighted by molar-refractivity contribution is -0.385. The highest BCUT2D eigenvalue weighted by molar-refractivity contribution is 5.92. The van der Waals surface area contributed by atoms with E-state index in [1.807, 2.05) is 6.07 Å². The molecule has 0 aliphatic carbocycles. The largest absolute Gasteiger partial charge is 0.508 e. The fourth-order valence-electron chi connectivity index (χ4n) is 1.90. The van der Waals surface area contributed by atoms with Crippen molar-refractivity contribution in [1.29, 1.82) is 0 Å². The number of rotatable bonds is 2. The summed E-state index contributed by atoms with van der Waals surface area (Å²) < 4.78 is 2.97. The van der Waals surface area contributed by atoms with Gasteiger partial charge in [0, 0.05) is 12.1 Å². The van der Waals surface area contributed by atoms with Crippen LogP contribution in [0.25, 0.3) is 0 Å². The molecular weight excluding hydrogens is 234 g/mol. The minimum Gasteiger partial charge on any atom is -0.258 e. The molecule has 1 aromatic heterocycles. The molecular formula is C12H8N3O3+. The minimum atomic E-state index is -0.469. The molecule has 0 unspecified atom stereocenters. The molecule has 2 heterocycles. The smallest absolute Gasteiger partial charge is 0.258 e. The highest BCUT2D eigenvalue weighted by Gasteiger charge is 2.30. The second kappa shape index (κ2) is 3.63.